The molecule has 5 heteroatoms. The van der Waals surface area contributed by atoms with Gasteiger partial charge in [-0.15, -0.1) is 0 Å². The van der Waals surface area contributed by atoms with Crippen molar-refractivity contribution in [3.63, 3.8) is 0 Å². The van der Waals surface area contributed by atoms with Crippen LogP contribution in [0.2, 0.25) is 0 Å². The molecule has 0 saturated heterocycles. The van der Waals surface area contributed by atoms with E-state index in [2.05, 4.69) is 11.9 Å². The Morgan fingerprint density at radius 3 is 2.14 bits per heavy atom. The van der Waals surface area contributed by atoms with Crippen LogP contribution in [-0.2, 0) is 0 Å². The Kier molecular flexibility index (Phi) is 4.12. The van der Waals surface area contributed by atoms with Gasteiger partial charge in [-0.1, -0.05) is 49.1 Å². The number of fused-ring (bicyclic) bond motifs is 2. The van der Waals surface area contributed by atoms with E-state index in [1.165, 1.54) is 0 Å². The zero-order valence-electron chi connectivity index (χ0n) is 14.9. The molecule has 0 saturated carbocycles. The molecule has 1 aliphatic carbocycles. The molecule has 3 aromatic rings. The molecule has 0 radical (unpaired) electrons. The van der Waals surface area contributed by atoms with E-state index in [1.54, 1.807) is 66.7 Å². The molecule has 0 aromatic heterocycles. The molecule has 28 heavy (non-hydrogen) atoms. The van der Waals surface area contributed by atoms with E-state index >= 15 is 0 Å². The standard InChI is InChI=1S/C23H16N2O3/c1-2-13-9-11-14(12-10-13)23(28)25-18-8-4-6-16-20(18)22(27)15-5-3-7-17(24)19(15)21(16)26/h2-12H,1,24H2,(H,25,28). The smallest absolute Gasteiger partial charge is 0.255 e. The lowest BCUT2D eigenvalue weighted by molar-refractivity contribution is 0.0979. The van der Waals surface area contributed by atoms with Gasteiger partial charge in [0.15, 0.2) is 11.6 Å². The molecule has 4 rings (SSSR count). The number of nitrogen functional groups attached to an aromatic ring is 1. The van der Waals surface area contributed by atoms with Crippen molar-refractivity contribution < 1.29 is 14.4 Å². The number of nitrogens with two attached hydrogens (primary N) is 1. The Balaban J connectivity index is 1.75. The summed E-state index contributed by atoms with van der Waals surface area (Å²) in [6, 6.07) is 16.5. The van der Waals surface area contributed by atoms with Crippen LogP contribution >= 0.6 is 0 Å². The van der Waals surface area contributed by atoms with Gasteiger partial charge in [-0.25, -0.2) is 0 Å². The summed E-state index contributed by atoms with van der Waals surface area (Å²) < 4.78 is 0. The first-order chi connectivity index (χ1) is 13.5. The van der Waals surface area contributed by atoms with Gasteiger partial charge < -0.3 is 11.1 Å². The average molecular weight is 368 g/mol. The summed E-state index contributed by atoms with van der Waals surface area (Å²) in [6.45, 7) is 3.68. The number of amides is 1. The lowest BCUT2D eigenvalue weighted by Crippen LogP contribution is -2.25. The fraction of sp³-hybridized carbons (Fsp3) is 0. The van der Waals surface area contributed by atoms with Crippen LogP contribution in [-0.4, -0.2) is 17.5 Å². The molecule has 136 valence electrons. The maximum Gasteiger partial charge on any atom is 0.255 e. The minimum absolute atomic E-state index is 0.182. The Labute approximate surface area is 161 Å². The Morgan fingerprint density at radius 2 is 1.46 bits per heavy atom. The molecule has 0 bridgehead atoms. The maximum atomic E-state index is 13.1. The highest BCUT2D eigenvalue weighted by Gasteiger charge is 2.33. The molecule has 3 aromatic carbocycles. The molecule has 5 nitrogen and oxygen atoms in total. The van der Waals surface area contributed by atoms with E-state index in [4.69, 9.17) is 5.73 Å². The van der Waals surface area contributed by atoms with Crippen LogP contribution < -0.4 is 11.1 Å². The van der Waals surface area contributed by atoms with Crippen LogP contribution in [0, 0.1) is 0 Å². The number of ketones is 2. The highest BCUT2D eigenvalue weighted by Crippen LogP contribution is 2.34. The Hall–Kier alpha value is -3.99. The first-order valence-corrected chi connectivity index (χ1v) is 8.66. The van der Waals surface area contributed by atoms with Crippen molar-refractivity contribution in [3.05, 3.63) is 101 Å². The van der Waals surface area contributed by atoms with Gasteiger partial charge in [-0.3, -0.25) is 14.4 Å². The third kappa shape index (κ3) is 2.70. The molecule has 0 aliphatic heterocycles. The van der Waals surface area contributed by atoms with Gasteiger partial charge in [0.1, 0.15) is 0 Å². The van der Waals surface area contributed by atoms with Crippen LogP contribution in [0.4, 0.5) is 11.4 Å². The van der Waals surface area contributed by atoms with E-state index in [9.17, 15) is 14.4 Å². The molecular formula is C23H16N2O3. The van der Waals surface area contributed by atoms with E-state index in [1.807, 2.05) is 0 Å². The van der Waals surface area contributed by atoms with Gasteiger partial charge in [0.05, 0.1) is 16.8 Å². The average Bonchev–Trinajstić information content (AvgIpc) is 2.71. The SMILES string of the molecule is C=Cc1ccc(C(=O)Nc2cccc3c2C(=O)c2cccc(N)c2C3=O)cc1. The summed E-state index contributed by atoms with van der Waals surface area (Å²) in [5, 5.41) is 2.75. The van der Waals surface area contributed by atoms with Gasteiger partial charge in [0.2, 0.25) is 0 Å². The lowest BCUT2D eigenvalue weighted by Gasteiger charge is -2.21. The second-order valence-corrected chi connectivity index (χ2v) is 6.44. The summed E-state index contributed by atoms with van der Waals surface area (Å²) in [7, 11) is 0. The summed E-state index contributed by atoms with van der Waals surface area (Å²) in [4.78, 5) is 38.6. The maximum absolute atomic E-state index is 13.1. The number of carbonyl (C=O) groups excluding carboxylic acids is 3. The molecule has 0 spiro atoms. The first-order valence-electron chi connectivity index (χ1n) is 8.66. The number of nitrogens with one attached hydrogen (secondary N) is 1. The first kappa shape index (κ1) is 17.4. The highest BCUT2D eigenvalue weighted by molar-refractivity contribution is 6.32. The van der Waals surface area contributed by atoms with Gasteiger partial charge in [0.25, 0.3) is 5.91 Å². The van der Waals surface area contributed by atoms with Crippen molar-refractivity contribution in [2.45, 2.75) is 0 Å². The van der Waals surface area contributed by atoms with Crippen molar-refractivity contribution in [2.75, 3.05) is 11.1 Å². The topological polar surface area (TPSA) is 89.3 Å². The van der Waals surface area contributed by atoms with Crippen molar-refractivity contribution in [1.29, 1.82) is 0 Å². The largest absolute Gasteiger partial charge is 0.398 e. The zero-order valence-corrected chi connectivity index (χ0v) is 14.9. The quantitative estimate of drug-likeness (QED) is 0.536. The molecule has 3 N–H and O–H groups in total. The van der Waals surface area contributed by atoms with Crippen LogP contribution in [0.3, 0.4) is 0 Å². The summed E-state index contributed by atoms with van der Waals surface area (Å²) in [6.07, 6.45) is 1.68. The number of benzene rings is 3. The number of anilines is 2. The fourth-order valence-corrected chi connectivity index (χ4v) is 3.34. The number of rotatable bonds is 3. The molecule has 1 amide bonds. The third-order valence-corrected chi connectivity index (χ3v) is 4.76. The molecule has 0 fully saturated rings. The predicted octanol–water partition coefficient (Wildman–Crippen LogP) is 3.94. The molecule has 0 heterocycles. The zero-order chi connectivity index (χ0) is 19.8. The van der Waals surface area contributed by atoms with Crippen molar-refractivity contribution >= 4 is 34.9 Å². The van der Waals surface area contributed by atoms with Gasteiger partial charge in [-0.05, 0) is 29.8 Å². The normalized spacial score (nSPS) is 12.1. The molecule has 0 unspecified atom stereocenters. The van der Waals surface area contributed by atoms with Crippen molar-refractivity contribution in [1.82, 2.24) is 0 Å². The summed E-state index contributed by atoms with van der Waals surface area (Å²) >= 11 is 0. The highest BCUT2D eigenvalue weighted by atomic mass is 16.2. The molecule has 1 aliphatic rings. The van der Waals surface area contributed by atoms with E-state index in [0.29, 0.717) is 11.3 Å². The van der Waals surface area contributed by atoms with Crippen LogP contribution in [0.25, 0.3) is 6.08 Å². The Morgan fingerprint density at radius 1 is 0.857 bits per heavy atom. The van der Waals surface area contributed by atoms with Gasteiger partial charge >= 0.3 is 0 Å². The van der Waals surface area contributed by atoms with Crippen LogP contribution in [0.1, 0.15) is 47.8 Å². The van der Waals surface area contributed by atoms with Crippen LogP contribution in [0.5, 0.6) is 0 Å². The van der Waals surface area contributed by atoms with Crippen LogP contribution in [0.15, 0.2) is 67.2 Å². The molecule has 0 atom stereocenters. The molecular weight excluding hydrogens is 352 g/mol. The van der Waals surface area contributed by atoms with Crippen molar-refractivity contribution in [2.24, 2.45) is 0 Å². The monoisotopic (exact) mass is 368 g/mol. The Bertz CT molecular complexity index is 1160. The van der Waals surface area contributed by atoms with Gasteiger partial charge in [-0.2, -0.15) is 0 Å². The van der Waals surface area contributed by atoms with E-state index in [0.717, 1.165) is 5.56 Å². The number of carbonyl (C=O) groups is 3. The third-order valence-electron chi connectivity index (χ3n) is 4.76. The second-order valence-electron chi connectivity index (χ2n) is 6.44. The minimum Gasteiger partial charge on any atom is -0.398 e. The van der Waals surface area contributed by atoms with Gasteiger partial charge in [0, 0.05) is 22.4 Å². The van der Waals surface area contributed by atoms with Crippen molar-refractivity contribution in [3.8, 4) is 0 Å². The summed E-state index contributed by atoms with van der Waals surface area (Å²) in [5.74, 6) is -1.04. The second kappa shape index (κ2) is 6.63. The summed E-state index contributed by atoms with van der Waals surface area (Å²) in [5.41, 5.74) is 8.67. The lowest BCUT2D eigenvalue weighted by atomic mass is 9.82. The number of hydrogen-bond acceptors (Lipinski definition) is 4. The van der Waals surface area contributed by atoms with E-state index in [-0.39, 0.29) is 45.4 Å². The number of hydrogen-bond donors (Lipinski definition) is 2. The predicted molar refractivity (Wildman–Crippen MR) is 109 cm³/mol. The minimum atomic E-state index is -0.373. The van der Waals surface area contributed by atoms with E-state index < -0.39 is 0 Å². The fourth-order valence-electron chi connectivity index (χ4n) is 3.34.